The number of rotatable bonds is 3. The molecule has 1 saturated heterocycles. The van der Waals surface area contributed by atoms with Crippen molar-refractivity contribution in [1.82, 2.24) is 0 Å². The highest BCUT2D eigenvalue weighted by atomic mass is 28.3. The van der Waals surface area contributed by atoms with Gasteiger partial charge in [0.25, 0.3) is 0 Å². The number of ether oxygens (including phenoxy) is 1. The average molecular weight is 200 g/mol. The second kappa shape index (κ2) is 4.14. The van der Waals surface area contributed by atoms with Crippen molar-refractivity contribution in [2.75, 3.05) is 0 Å². The predicted octanol–water partition coefficient (Wildman–Crippen LogP) is 3.53. The van der Waals surface area contributed by atoms with Gasteiger partial charge in [0.05, 0.1) is 12.2 Å². The highest BCUT2D eigenvalue weighted by Gasteiger charge is 2.30. The summed E-state index contributed by atoms with van der Waals surface area (Å²) in [6.07, 6.45) is 3.71. The quantitative estimate of drug-likeness (QED) is 0.633. The molecule has 0 saturated carbocycles. The maximum atomic E-state index is 6.03. The second-order valence-corrected chi connectivity index (χ2v) is 11.4. The molecule has 0 N–H and O–H groups in total. The molecule has 1 rings (SSSR count). The predicted molar refractivity (Wildman–Crippen MR) is 60.9 cm³/mol. The first-order valence-electron chi connectivity index (χ1n) is 5.54. The van der Waals surface area contributed by atoms with Crippen molar-refractivity contribution in [1.29, 1.82) is 0 Å². The van der Waals surface area contributed by atoms with E-state index in [0.29, 0.717) is 18.1 Å². The zero-order valence-electron chi connectivity index (χ0n) is 9.76. The van der Waals surface area contributed by atoms with Crippen LogP contribution >= 0.6 is 0 Å². The van der Waals surface area contributed by atoms with Crippen molar-refractivity contribution in [2.24, 2.45) is 5.92 Å². The molecule has 0 aromatic heterocycles. The van der Waals surface area contributed by atoms with Crippen LogP contribution in [0.4, 0.5) is 0 Å². The maximum absolute atomic E-state index is 6.03. The number of hydrogen-bond donors (Lipinski definition) is 0. The molecule has 1 nitrogen and oxygen atoms in total. The van der Waals surface area contributed by atoms with E-state index in [1.54, 1.807) is 0 Å². The molecule has 78 valence electrons. The van der Waals surface area contributed by atoms with Crippen LogP contribution in [-0.4, -0.2) is 20.3 Å². The van der Waals surface area contributed by atoms with Crippen molar-refractivity contribution in [3.8, 4) is 0 Å². The Labute approximate surface area is 83.9 Å². The summed E-state index contributed by atoms with van der Waals surface area (Å²) in [7, 11) is -0.912. The first-order chi connectivity index (χ1) is 5.88. The van der Waals surface area contributed by atoms with Crippen LogP contribution in [0.25, 0.3) is 0 Å². The van der Waals surface area contributed by atoms with E-state index in [4.69, 9.17) is 4.74 Å². The Hall–Kier alpha value is 0.177. The summed E-state index contributed by atoms with van der Waals surface area (Å²) < 4.78 is 6.03. The second-order valence-electron chi connectivity index (χ2n) is 5.88. The highest BCUT2D eigenvalue weighted by Crippen LogP contribution is 2.30. The molecule has 0 aromatic carbocycles. The summed E-state index contributed by atoms with van der Waals surface area (Å²) >= 11 is 0. The van der Waals surface area contributed by atoms with E-state index in [-0.39, 0.29) is 0 Å². The Bertz CT molecular complexity index is 160. The fraction of sp³-hybridized carbons (Fsp3) is 1.00. The molecule has 2 heteroatoms. The van der Waals surface area contributed by atoms with E-state index < -0.39 is 8.07 Å². The van der Waals surface area contributed by atoms with Gasteiger partial charge in [0, 0.05) is 8.07 Å². The van der Waals surface area contributed by atoms with Crippen molar-refractivity contribution in [3.63, 3.8) is 0 Å². The zero-order valence-corrected chi connectivity index (χ0v) is 10.8. The molecule has 1 aliphatic heterocycles. The largest absolute Gasteiger partial charge is 0.375 e. The zero-order chi connectivity index (χ0) is 10.1. The lowest BCUT2D eigenvalue weighted by atomic mass is 10.0. The van der Waals surface area contributed by atoms with Crippen molar-refractivity contribution in [2.45, 2.75) is 64.6 Å². The minimum Gasteiger partial charge on any atom is -0.375 e. The molecule has 13 heavy (non-hydrogen) atoms. The van der Waals surface area contributed by atoms with Gasteiger partial charge in [-0.25, -0.2) is 0 Å². The van der Waals surface area contributed by atoms with Crippen LogP contribution < -0.4 is 0 Å². The lowest BCUT2D eigenvalue weighted by Gasteiger charge is -2.22. The standard InChI is InChI=1S/C11H24OSi/c1-9(2)11-7-6-10(12-11)8-13(3,4)5/h9-11H,6-8H2,1-5H3. The normalized spacial score (nSPS) is 30.0. The van der Waals surface area contributed by atoms with Gasteiger partial charge in [0.2, 0.25) is 0 Å². The Morgan fingerprint density at radius 3 is 2.23 bits per heavy atom. The molecule has 1 fully saturated rings. The van der Waals surface area contributed by atoms with E-state index in [0.717, 1.165) is 0 Å². The van der Waals surface area contributed by atoms with Crippen LogP contribution in [0.1, 0.15) is 26.7 Å². The van der Waals surface area contributed by atoms with Gasteiger partial charge < -0.3 is 4.74 Å². The Morgan fingerprint density at radius 2 is 1.85 bits per heavy atom. The van der Waals surface area contributed by atoms with Crippen molar-refractivity contribution in [3.05, 3.63) is 0 Å². The van der Waals surface area contributed by atoms with Crippen molar-refractivity contribution < 1.29 is 4.74 Å². The highest BCUT2D eigenvalue weighted by molar-refractivity contribution is 6.76. The third kappa shape index (κ3) is 3.82. The summed E-state index contributed by atoms with van der Waals surface area (Å²) in [5.41, 5.74) is 0. The van der Waals surface area contributed by atoms with Gasteiger partial charge >= 0.3 is 0 Å². The summed E-state index contributed by atoms with van der Waals surface area (Å²) in [5.74, 6) is 0.701. The van der Waals surface area contributed by atoms with Crippen LogP contribution in [0.15, 0.2) is 0 Å². The lowest BCUT2D eigenvalue weighted by Crippen LogP contribution is -2.27. The van der Waals surface area contributed by atoms with Gasteiger partial charge in [0.1, 0.15) is 0 Å². The smallest absolute Gasteiger partial charge is 0.0602 e. The summed E-state index contributed by atoms with van der Waals surface area (Å²) in [5, 5.41) is 0. The molecule has 0 aromatic rings. The van der Waals surface area contributed by atoms with E-state index in [9.17, 15) is 0 Å². The third-order valence-corrected chi connectivity index (χ3v) is 4.40. The Kier molecular flexibility index (Phi) is 3.58. The molecule has 2 unspecified atom stereocenters. The SMILES string of the molecule is CC(C)C1CCC(C[Si](C)(C)C)O1. The minimum atomic E-state index is -0.912. The van der Waals surface area contributed by atoms with Crippen LogP contribution in [0.3, 0.4) is 0 Å². The van der Waals surface area contributed by atoms with Crippen molar-refractivity contribution >= 4 is 8.07 Å². The van der Waals surface area contributed by atoms with Gasteiger partial charge in [-0.3, -0.25) is 0 Å². The van der Waals surface area contributed by atoms with E-state index in [1.807, 2.05) is 0 Å². The third-order valence-electron chi connectivity index (χ3n) is 2.72. The first kappa shape index (κ1) is 11.3. The first-order valence-corrected chi connectivity index (χ1v) is 9.24. The Balaban J connectivity index is 2.33. The van der Waals surface area contributed by atoms with E-state index in [1.165, 1.54) is 18.9 Å². The van der Waals surface area contributed by atoms with E-state index in [2.05, 4.69) is 33.5 Å². The van der Waals surface area contributed by atoms with Crippen LogP contribution in [0.2, 0.25) is 25.7 Å². The molecule has 1 aliphatic rings. The molecular formula is C11H24OSi. The lowest BCUT2D eigenvalue weighted by molar-refractivity contribution is 0.0283. The summed E-state index contributed by atoms with van der Waals surface area (Å²) in [6, 6.07) is 1.34. The Morgan fingerprint density at radius 1 is 1.23 bits per heavy atom. The number of hydrogen-bond acceptors (Lipinski definition) is 1. The topological polar surface area (TPSA) is 9.23 Å². The fourth-order valence-electron chi connectivity index (χ4n) is 2.06. The molecule has 0 bridgehead atoms. The average Bonchev–Trinajstić information content (AvgIpc) is 2.31. The van der Waals surface area contributed by atoms with Crippen LogP contribution in [0.5, 0.6) is 0 Å². The van der Waals surface area contributed by atoms with Gasteiger partial charge in [-0.2, -0.15) is 0 Å². The van der Waals surface area contributed by atoms with Crippen LogP contribution in [0, 0.1) is 5.92 Å². The van der Waals surface area contributed by atoms with E-state index >= 15 is 0 Å². The van der Waals surface area contributed by atoms with Gasteiger partial charge in [-0.15, -0.1) is 0 Å². The summed E-state index contributed by atoms with van der Waals surface area (Å²) in [4.78, 5) is 0. The van der Waals surface area contributed by atoms with Gasteiger partial charge in [0.15, 0.2) is 0 Å². The van der Waals surface area contributed by atoms with Gasteiger partial charge in [-0.1, -0.05) is 33.5 Å². The minimum absolute atomic E-state index is 0.543. The monoisotopic (exact) mass is 200 g/mol. The molecule has 2 atom stereocenters. The molecule has 0 aliphatic carbocycles. The maximum Gasteiger partial charge on any atom is 0.0602 e. The molecule has 0 amide bonds. The molecule has 1 heterocycles. The summed E-state index contributed by atoms with van der Waals surface area (Å²) in [6.45, 7) is 11.8. The van der Waals surface area contributed by atoms with Crippen LogP contribution in [-0.2, 0) is 4.74 Å². The molecular weight excluding hydrogens is 176 g/mol. The van der Waals surface area contributed by atoms with Gasteiger partial charge in [-0.05, 0) is 24.8 Å². The fourth-order valence-corrected chi connectivity index (χ4v) is 3.72. The molecule has 0 spiro atoms. The molecule has 0 radical (unpaired) electrons.